The van der Waals surface area contributed by atoms with Gasteiger partial charge in [0.25, 0.3) is 0 Å². The normalized spacial score (nSPS) is 18.1. The third-order valence-electron chi connectivity index (χ3n) is 8.67. The highest BCUT2D eigenvalue weighted by molar-refractivity contribution is 5.95. The first kappa shape index (κ1) is 33.3. The summed E-state index contributed by atoms with van der Waals surface area (Å²) in [5.74, 6) is -1.95. The third kappa shape index (κ3) is 9.01. The van der Waals surface area contributed by atoms with Crippen molar-refractivity contribution in [3.05, 3.63) is 66.7 Å². The van der Waals surface area contributed by atoms with E-state index >= 15 is 0 Å². The van der Waals surface area contributed by atoms with E-state index in [1.165, 1.54) is 4.90 Å². The quantitative estimate of drug-likeness (QED) is 0.204. The number of ether oxygens (including phenoxy) is 4. The van der Waals surface area contributed by atoms with Crippen molar-refractivity contribution in [2.75, 3.05) is 71.0 Å². The number of hydrogen-bond donors (Lipinski definition) is 0. The minimum Gasteiger partial charge on any atom is -0.497 e. The molecule has 3 aliphatic heterocycles. The van der Waals surface area contributed by atoms with E-state index in [1.54, 1.807) is 24.1 Å². The monoisotopic (exact) mass is 634 g/mol. The smallest absolute Gasteiger partial charge is 0.347 e. The highest BCUT2D eigenvalue weighted by atomic mass is 16.8. The molecule has 46 heavy (non-hydrogen) atoms. The second-order valence-electron chi connectivity index (χ2n) is 11.9. The summed E-state index contributed by atoms with van der Waals surface area (Å²) in [7, 11) is 1.59. The fourth-order valence-corrected chi connectivity index (χ4v) is 6.24. The number of nitrogens with zero attached hydrogens (tertiary/aromatic N) is 4. The van der Waals surface area contributed by atoms with E-state index in [4.69, 9.17) is 18.9 Å². The Morgan fingerprint density at radius 3 is 2.00 bits per heavy atom. The average molecular weight is 635 g/mol. The third-order valence-corrected chi connectivity index (χ3v) is 8.67. The Labute approximate surface area is 271 Å². The molecule has 0 aliphatic carbocycles. The number of hydrogen-bond acceptors (Lipinski definition) is 9. The molecule has 3 aliphatic rings. The van der Waals surface area contributed by atoms with Crippen LogP contribution in [0, 0.1) is 0 Å². The summed E-state index contributed by atoms with van der Waals surface area (Å²) in [6.07, 6.45) is 7.85. The molecule has 0 bridgehead atoms. The maximum atomic E-state index is 14.9. The number of cyclic esters (lactones) is 2. The van der Waals surface area contributed by atoms with Crippen LogP contribution < -0.4 is 14.4 Å². The zero-order valence-electron chi connectivity index (χ0n) is 26.8. The van der Waals surface area contributed by atoms with Crippen molar-refractivity contribution in [1.82, 2.24) is 14.7 Å². The van der Waals surface area contributed by atoms with Crippen LogP contribution in [-0.2, 0) is 19.1 Å². The molecule has 0 spiro atoms. The van der Waals surface area contributed by atoms with Crippen LogP contribution in [0.25, 0.3) is 0 Å². The lowest BCUT2D eigenvalue weighted by molar-refractivity contribution is -0.272. The summed E-state index contributed by atoms with van der Waals surface area (Å²) >= 11 is 0. The topological polar surface area (TPSA) is 101 Å². The summed E-state index contributed by atoms with van der Waals surface area (Å²) in [4.78, 5) is 48.5. The molecule has 0 saturated carbocycles. The van der Waals surface area contributed by atoms with Gasteiger partial charge in [-0.3, -0.25) is 9.80 Å². The highest BCUT2D eigenvalue weighted by Crippen LogP contribution is 2.31. The summed E-state index contributed by atoms with van der Waals surface area (Å²) < 4.78 is 23.2. The fraction of sp³-hybridized carbons (Fsp3) is 0.514. The molecule has 11 nitrogen and oxygen atoms in total. The van der Waals surface area contributed by atoms with Crippen molar-refractivity contribution < 1.29 is 33.3 Å². The molecule has 11 heteroatoms. The average Bonchev–Trinajstić information content (AvgIpc) is 3.78. The van der Waals surface area contributed by atoms with Gasteiger partial charge in [-0.25, -0.2) is 14.4 Å². The van der Waals surface area contributed by atoms with Gasteiger partial charge in [-0.1, -0.05) is 18.2 Å². The number of benzene rings is 2. The number of anilines is 1. The van der Waals surface area contributed by atoms with E-state index in [0.29, 0.717) is 44.0 Å². The van der Waals surface area contributed by atoms with Crippen LogP contribution >= 0.6 is 0 Å². The van der Waals surface area contributed by atoms with Crippen molar-refractivity contribution >= 4 is 23.7 Å². The SMILES string of the molecule is COc1ccc(N(CCCOc2ccccc2)C(=O)N(CCCN2CCCC2)C2(CCN3CCCC3)OC(=O)C=CC(=O)O2)cc1. The number of rotatable bonds is 15. The van der Waals surface area contributed by atoms with Crippen molar-refractivity contribution in [1.29, 1.82) is 0 Å². The van der Waals surface area contributed by atoms with Gasteiger partial charge < -0.3 is 28.7 Å². The number of amides is 2. The molecular formula is C35H46N4O7. The Kier molecular flexibility index (Phi) is 11.9. The molecule has 0 radical (unpaired) electrons. The van der Waals surface area contributed by atoms with Gasteiger partial charge in [-0.05, 0) is 108 Å². The van der Waals surface area contributed by atoms with E-state index in [2.05, 4.69) is 9.80 Å². The van der Waals surface area contributed by atoms with E-state index in [0.717, 1.165) is 76.3 Å². The summed E-state index contributed by atoms with van der Waals surface area (Å²) in [5.41, 5.74) is 0.633. The summed E-state index contributed by atoms with van der Waals surface area (Å²) in [5, 5.41) is 0. The number of carbonyl (C=O) groups excluding carboxylic acids is 3. The zero-order valence-corrected chi connectivity index (χ0v) is 26.8. The molecule has 248 valence electrons. The molecule has 0 aromatic heterocycles. The molecule has 3 heterocycles. The first-order valence-corrected chi connectivity index (χ1v) is 16.5. The van der Waals surface area contributed by atoms with Gasteiger partial charge in [0.05, 0.1) is 20.1 Å². The maximum Gasteiger partial charge on any atom is 0.347 e. The van der Waals surface area contributed by atoms with Crippen molar-refractivity contribution in [2.45, 2.75) is 50.9 Å². The molecule has 2 amide bonds. The summed E-state index contributed by atoms with van der Waals surface area (Å²) in [6, 6.07) is 16.3. The lowest BCUT2D eigenvalue weighted by Gasteiger charge is -2.43. The van der Waals surface area contributed by atoms with Crippen LogP contribution in [0.3, 0.4) is 0 Å². The Hall–Kier alpha value is -4.09. The number of esters is 2. The Morgan fingerprint density at radius 1 is 0.783 bits per heavy atom. The van der Waals surface area contributed by atoms with Crippen molar-refractivity contribution in [3.8, 4) is 11.5 Å². The summed E-state index contributed by atoms with van der Waals surface area (Å²) in [6.45, 7) is 6.03. The Balaban J connectivity index is 1.44. The second-order valence-corrected chi connectivity index (χ2v) is 11.9. The highest BCUT2D eigenvalue weighted by Gasteiger charge is 2.49. The zero-order chi connectivity index (χ0) is 32.2. The van der Waals surface area contributed by atoms with E-state index in [1.807, 2.05) is 42.5 Å². The molecule has 2 aromatic carbocycles. The minimum absolute atomic E-state index is 0.134. The van der Waals surface area contributed by atoms with E-state index < -0.39 is 23.9 Å². The molecule has 2 fully saturated rings. The van der Waals surface area contributed by atoms with Gasteiger partial charge in [-0.15, -0.1) is 0 Å². The second kappa shape index (κ2) is 16.5. The Morgan fingerprint density at radius 2 is 1.39 bits per heavy atom. The number of urea groups is 1. The minimum atomic E-state index is -1.91. The number of methoxy groups -OCH3 is 1. The van der Waals surface area contributed by atoms with Crippen LogP contribution in [0.5, 0.6) is 11.5 Å². The molecule has 0 N–H and O–H groups in total. The molecular weight excluding hydrogens is 588 g/mol. The molecule has 2 saturated heterocycles. The van der Waals surface area contributed by atoms with Crippen LogP contribution in [0.15, 0.2) is 66.7 Å². The first-order chi connectivity index (χ1) is 22.5. The van der Waals surface area contributed by atoms with Gasteiger partial charge >= 0.3 is 23.9 Å². The Bertz CT molecular complexity index is 1290. The van der Waals surface area contributed by atoms with Gasteiger partial charge in [0, 0.05) is 37.5 Å². The van der Waals surface area contributed by atoms with Crippen LogP contribution in [0.4, 0.5) is 10.5 Å². The lowest BCUT2D eigenvalue weighted by Crippen LogP contribution is -2.61. The van der Waals surface area contributed by atoms with E-state index in [9.17, 15) is 14.4 Å². The van der Waals surface area contributed by atoms with Crippen LogP contribution in [0.1, 0.15) is 44.9 Å². The predicted molar refractivity (Wildman–Crippen MR) is 174 cm³/mol. The van der Waals surface area contributed by atoms with Gasteiger partial charge in [0.15, 0.2) is 0 Å². The van der Waals surface area contributed by atoms with E-state index in [-0.39, 0.29) is 13.0 Å². The molecule has 5 rings (SSSR count). The van der Waals surface area contributed by atoms with Gasteiger partial charge in [0.2, 0.25) is 0 Å². The number of likely N-dealkylation sites (tertiary alicyclic amines) is 2. The standard InChI is InChI=1S/C35H46N4O7/c1-43-30-15-13-29(14-16-30)38(25-10-28-44-31-11-3-2-4-12-31)34(42)39(26-9-24-36-20-5-6-21-36)35(19-27-37-22-7-8-23-37)45-32(40)17-18-33(41)46-35/h2-4,11-18H,5-10,19-28H2,1H3. The van der Waals surface area contributed by atoms with Crippen molar-refractivity contribution in [3.63, 3.8) is 0 Å². The number of para-hydroxylation sites is 1. The molecule has 0 atom stereocenters. The first-order valence-electron chi connectivity index (χ1n) is 16.5. The largest absolute Gasteiger partial charge is 0.497 e. The predicted octanol–water partition coefficient (Wildman–Crippen LogP) is 4.67. The molecule has 2 aromatic rings. The lowest BCUT2D eigenvalue weighted by atomic mass is 10.2. The molecule has 0 unspecified atom stereocenters. The fourth-order valence-electron chi connectivity index (χ4n) is 6.24. The van der Waals surface area contributed by atoms with Crippen molar-refractivity contribution in [2.24, 2.45) is 0 Å². The maximum absolute atomic E-state index is 14.9. The van der Waals surface area contributed by atoms with Gasteiger partial charge in [-0.2, -0.15) is 0 Å². The number of carbonyl (C=O) groups is 3. The van der Waals surface area contributed by atoms with Crippen LogP contribution in [-0.4, -0.2) is 105 Å². The van der Waals surface area contributed by atoms with Crippen LogP contribution in [0.2, 0.25) is 0 Å². The van der Waals surface area contributed by atoms with Gasteiger partial charge in [0.1, 0.15) is 11.5 Å².